The van der Waals surface area contributed by atoms with E-state index in [2.05, 4.69) is 4.57 Å². The van der Waals surface area contributed by atoms with Crippen LogP contribution in [0.15, 0.2) is 18.5 Å². The maximum Gasteiger partial charge on any atom is 0.0754 e. The molecule has 0 bridgehead atoms. The van der Waals surface area contributed by atoms with Gasteiger partial charge in [0.05, 0.1) is 12.7 Å². The van der Waals surface area contributed by atoms with Gasteiger partial charge in [0.25, 0.3) is 0 Å². The lowest BCUT2D eigenvalue weighted by atomic mass is 10.2. The van der Waals surface area contributed by atoms with E-state index in [0.717, 1.165) is 25.1 Å². The summed E-state index contributed by atoms with van der Waals surface area (Å²) >= 11 is 0. The van der Waals surface area contributed by atoms with Gasteiger partial charge in [-0.2, -0.15) is 0 Å². The van der Waals surface area contributed by atoms with Gasteiger partial charge < -0.3 is 14.4 Å². The van der Waals surface area contributed by atoms with Gasteiger partial charge in [-0.3, -0.25) is 0 Å². The van der Waals surface area contributed by atoms with E-state index in [1.54, 1.807) is 0 Å². The summed E-state index contributed by atoms with van der Waals surface area (Å²) in [5, 5.41) is 8.87. The highest BCUT2D eigenvalue weighted by molar-refractivity contribution is 5.08. The number of ether oxygens (including phenoxy) is 1. The minimum Gasteiger partial charge on any atom is -0.392 e. The van der Waals surface area contributed by atoms with Gasteiger partial charge in [0.15, 0.2) is 0 Å². The summed E-state index contributed by atoms with van der Waals surface area (Å²) in [4.78, 5) is 0. The molecule has 0 amide bonds. The van der Waals surface area contributed by atoms with E-state index in [4.69, 9.17) is 9.84 Å². The van der Waals surface area contributed by atoms with Crippen molar-refractivity contribution >= 4 is 0 Å². The maximum absolute atomic E-state index is 8.87. The fourth-order valence-corrected chi connectivity index (χ4v) is 1.72. The van der Waals surface area contributed by atoms with E-state index in [1.807, 2.05) is 18.5 Å². The molecule has 0 spiro atoms. The van der Waals surface area contributed by atoms with Crippen molar-refractivity contribution in [1.82, 2.24) is 4.57 Å². The first-order chi connectivity index (χ1) is 6.38. The Morgan fingerprint density at radius 2 is 2.54 bits per heavy atom. The molecular weight excluding hydrogens is 166 g/mol. The van der Waals surface area contributed by atoms with Gasteiger partial charge >= 0.3 is 0 Å². The predicted molar refractivity (Wildman–Crippen MR) is 49.3 cm³/mol. The summed E-state index contributed by atoms with van der Waals surface area (Å²) in [7, 11) is 0. The second-order valence-electron chi connectivity index (χ2n) is 3.51. The Morgan fingerprint density at radius 1 is 1.62 bits per heavy atom. The lowest BCUT2D eigenvalue weighted by Crippen LogP contribution is -2.13. The zero-order valence-corrected chi connectivity index (χ0v) is 7.65. The predicted octanol–water partition coefficient (Wildman–Crippen LogP) is 1.16. The second-order valence-corrected chi connectivity index (χ2v) is 3.51. The molecule has 0 aromatic carbocycles. The normalized spacial score (nSPS) is 22.4. The van der Waals surface area contributed by atoms with Crippen molar-refractivity contribution in [3.63, 3.8) is 0 Å². The van der Waals surface area contributed by atoms with Crippen LogP contribution in [-0.2, 0) is 17.9 Å². The van der Waals surface area contributed by atoms with Crippen LogP contribution < -0.4 is 0 Å². The molecule has 1 unspecified atom stereocenters. The highest BCUT2D eigenvalue weighted by atomic mass is 16.5. The lowest BCUT2D eigenvalue weighted by molar-refractivity contribution is 0.0970. The highest BCUT2D eigenvalue weighted by Gasteiger charge is 2.15. The zero-order valence-electron chi connectivity index (χ0n) is 7.65. The van der Waals surface area contributed by atoms with Crippen LogP contribution in [0, 0.1) is 0 Å². The summed E-state index contributed by atoms with van der Waals surface area (Å²) in [6, 6.07) is 1.94. The number of aliphatic hydroxyl groups is 1. The van der Waals surface area contributed by atoms with Crippen molar-refractivity contribution in [2.24, 2.45) is 0 Å². The van der Waals surface area contributed by atoms with Crippen molar-refractivity contribution in [2.45, 2.75) is 32.1 Å². The maximum atomic E-state index is 8.87. The molecule has 2 heterocycles. The number of hydrogen-bond donors (Lipinski definition) is 1. The van der Waals surface area contributed by atoms with Gasteiger partial charge in [-0.15, -0.1) is 0 Å². The summed E-state index contributed by atoms with van der Waals surface area (Å²) in [5.41, 5.74) is 0.970. The van der Waals surface area contributed by atoms with Crippen LogP contribution in [-0.4, -0.2) is 22.4 Å². The molecule has 13 heavy (non-hydrogen) atoms. The summed E-state index contributed by atoms with van der Waals surface area (Å²) < 4.78 is 7.60. The molecule has 1 fully saturated rings. The van der Waals surface area contributed by atoms with E-state index in [0.29, 0.717) is 6.10 Å². The van der Waals surface area contributed by atoms with Crippen molar-refractivity contribution in [2.75, 3.05) is 6.61 Å². The fourth-order valence-electron chi connectivity index (χ4n) is 1.72. The van der Waals surface area contributed by atoms with Crippen LogP contribution in [0.1, 0.15) is 18.4 Å². The molecule has 3 heteroatoms. The Morgan fingerprint density at radius 3 is 3.15 bits per heavy atom. The van der Waals surface area contributed by atoms with Crippen LogP contribution in [0.3, 0.4) is 0 Å². The van der Waals surface area contributed by atoms with Gasteiger partial charge in [0.1, 0.15) is 0 Å². The Hall–Kier alpha value is -0.800. The number of nitrogens with zero attached hydrogens (tertiary/aromatic N) is 1. The van der Waals surface area contributed by atoms with Gasteiger partial charge in [0, 0.05) is 25.5 Å². The van der Waals surface area contributed by atoms with Crippen molar-refractivity contribution < 1.29 is 9.84 Å². The van der Waals surface area contributed by atoms with E-state index in [9.17, 15) is 0 Å². The Bertz CT molecular complexity index is 264. The molecule has 1 saturated heterocycles. The molecule has 1 aromatic heterocycles. The van der Waals surface area contributed by atoms with E-state index < -0.39 is 0 Å². The average molecular weight is 181 g/mol. The molecule has 0 radical (unpaired) electrons. The van der Waals surface area contributed by atoms with Gasteiger partial charge in [0.2, 0.25) is 0 Å². The molecule has 0 aliphatic carbocycles. The number of aliphatic hydroxyl groups excluding tert-OH is 1. The Labute approximate surface area is 77.9 Å². The molecule has 2 rings (SSSR count). The Kier molecular flexibility index (Phi) is 2.66. The first kappa shape index (κ1) is 8.78. The third-order valence-corrected chi connectivity index (χ3v) is 2.43. The lowest BCUT2D eigenvalue weighted by Gasteiger charge is -2.09. The largest absolute Gasteiger partial charge is 0.392 e. The average Bonchev–Trinajstić information content (AvgIpc) is 2.76. The molecule has 1 atom stereocenters. The molecule has 0 saturated carbocycles. The summed E-state index contributed by atoms with van der Waals surface area (Å²) in [6.45, 7) is 1.94. The standard InChI is InChI=1S/C10H15NO2/c12-8-9-3-4-11(6-9)7-10-2-1-5-13-10/h3-4,6,10,12H,1-2,5,7-8H2. The molecule has 3 nitrogen and oxygen atoms in total. The second kappa shape index (κ2) is 3.94. The van der Waals surface area contributed by atoms with E-state index in [1.165, 1.54) is 6.42 Å². The molecule has 72 valence electrons. The van der Waals surface area contributed by atoms with E-state index in [-0.39, 0.29) is 6.61 Å². The van der Waals surface area contributed by atoms with Gasteiger partial charge in [-0.05, 0) is 24.5 Å². The molecule has 1 aromatic rings. The quantitative estimate of drug-likeness (QED) is 0.759. The van der Waals surface area contributed by atoms with Crippen LogP contribution in [0.5, 0.6) is 0 Å². The summed E-state index contributed by atoms with van der Waals surface area (Å²) in [5.74, 6) is 0. The fraction of sp³-hybridized carbons (Fsp3) is 0.600. The van der Waals surface area contributed by atoms with Crippen molar-refractivity contribution in [3.8, 4) is 0 Å². The third kappa shape index (κ3) is 2.11. The molecule has 1 N–H and O–H groups in total. The number of rotatable bonds is 3. The van der Waals surface area contributed by atoms with Gasteiger partial charge in [-0.1, -0.05) is 0 Å². The van der Waals surface area contributed by atoms with Crippen LogP contribution in [0.2, 0.25) is 0 Å². The van der Waals surface area contributed by atoms with Crippen molar-refractivity contribution in [3.05, 3.63) is 24.0 Å². The third-order valence-electron chi connectivity index (χ3n) is 2.43. The van der Waals surface area contributed by atoms with Crippen LogP contribution in [0.4, 0.5) is 0 Å². The monoisotopic (exact) mass is 181 g/mol. The Balaban J connectivity index is 1.92. The van der Waals surface area contributed by atoms with Crippen LogP contribution >= 0.6 is 0 Å². The van der Waals surface area contributed by atoms with Crippen LogP contribution in [0.25, 0.3) is 0 Å². The topological polar surface area (TPSA) is 34.4 Å². The zero-order chi connectivity index (χ0) is 9.10. The number of aromatic nitrogens is 1. The summed E-state index contributed by atoms with van der Waals surface area (Å²) in [6.07, 6.45) is 6.68. The minimum absolute atomic E-state index is 0.124. The smallest absolute Gasteiger partial charge is 0.0754 e. The van der Waals surface area contributed by atoms with E-state index >= 15 is 0 Å². The first-order valence-electron chi connectivity index (χ1n) is 4.75. The SMILES string of the molecule is OCc1ccn(CC2CCCO2)c1. The minimum atomic E-state index is 0.124. The molecule has 1 aliphatic heterocycles. The van der Waals surface area contributed by atoms with Crippen molar-refractivity contribution in [1.29, 1.82) is 0 Å². The molecule has 1 aliphatic rings. The molecular formula is C10H15NO2. The number of hydrogen-bond acceptors (Lipinski definition) is 2. The van der Waals surface area contributed by atoms with Gasteiger partial charge in [-0.25, -0.2) is 0 Å². The first-order valence-corrected chi connectivity index (χ1v) is 4.75. The highest BCUT2D eigenvalue weighted by Crippen LogP contribution is 2.14.